The lowest BCUT2D eigenvalue weighted by atomic mass is 9.90. The number of hydrogen-bond donors (Lipinski definition) is 0. The van der Waals surface area contributed by atoms with Crippen molar-refractivity contribution in [2.45, 2.75) is 40.0 Å². The number of rotatable bonds is 3. The van der Waals surface area contributed by atoms with E-state index in [0.717, 1.165) is 6.42 Å². The third-order valence-electron chi connectivity index (χ3n) is 1.45. The molecule has 0 amide bonds. The number of nitrogens with zero attached hydrogens (tertiary/aromatic N) is 1. The van der Waals surface area contributed by atoms with Gasteiger partial charge in [0.05, 0.1) is 0 Å². The Labute approximate surface area is 64.3 Å². The van der Waals surface area contributed by atoms with Crippen molar-refractivity contribution in [1.29, 1.82) is 0 Å². The second-order valence-corrected chi connectivity index (χ2v) is 3.90. The Kier molecular flexibility index (Phi) is 4.11. The van der Waals surface area contributed by atoms with Gasteiger partial charge in [-0.2, -0.15) is 0 Å². The second-order valence-electron chi connectivity index (χ2n) is 3.90. The van der Waals surface area contributed by atoms with Crippen LogP contribution in [0.1, 0.15) is 40.0 Å². The minimum Gasteiger partial charge on any atom is -0.317 e. The maximum atomic E-state index is 6.56. The molecule has 0 atom stereocenters. The third-order valence-corrected chi connectivity index (χ3v) is 1.45. The van der Waals surface area contributed by atoms with E-state index in [1.54, 1.807) is 0 Å². The monoisotopic (exact) mass is 139 g/mol. The molecule has 0 saturated carbocycles. The summed E-state index contributed by atoms with van der Waals surface area (Å²) in [4.78, 5) is 3.31. The van der Waals surface area contributed by atoms with Crippen LogP contribution in [-0.2, 0) is 0 Å². The summed E-state index contributed by atoms with van der Waals surface area (Å²) in [5.74, 6) is 0. The normalized spacial score (nSPS) is 11.0. The van der Waals surface area contributed by atoms with Crippen molar-refractivity contribution in [3.05, 3.63) is 11.4 Å². The molecular formula is C9H17N. The number of unbranched alkanes of at least 4 members (excludes halogenated alkanes) is 1. The lowest BCUT2D eigenvalue weighted by Gasteiger charge is -2.16. The summed E-state index contributed by atoms with van der Waals surface area (Å²) in [6, 6.07) is 0. The molecule has 0 aliphatic heterocycles. The van der Waals surface area contributed by atoms with Crippen LogP contribution in [0.4, 0.5) is 0 Å². The van der Waals surface area contributed by atoms with E-state index < -0.39 is 0 Å². The summed E-state index contributed by atoms with van der Waals surface area (Å²) in [7, 11) is 0. The van der Waals surface area contributed by atoms with Crippen molar-refractivity contribution in [3.8, 4) is 0 Å². The fraction of sp³-hybridized carbons (Fsp3) is 0.889. The van der Waals surface area contributed by atoms with Crippen molar-refractivity contribution < 1.29 is 0 Å². The molecule has 0 fully saturated rings. The van der Waals surface area contributed by atoms with E-state index in [9.17, 15) is 0 Å². The molecule has 10 heavy (non-hydrogen) atoms. The highest BCUT2D eigenvalue weighted by Crippen LogP contribution is 2.21. The van der Waals surface area contributed by atoms with Gasteiger partial charge in [0.1, 0.15) is 0 Å². The Morgan fingerprint density at radius 3 is 2.20 bits per heavy atom. The molecule has 58 valence electrons. The maximum Gasteiger partial charge on any atom is 0.214 e. The molecule has 0 unspecified atom stereocenters. The molecule has 0 spiro atoms. The van der Waals surface area contributed by atoms with Gasteiger partial charge in [0.15, 0.2) is 0 Å². The molecule has 0 heterocycles. The summed E-state index contributed by atoms with van der Waals surface area (Å²) in [5.41, 5.74) is 0.446. The lowest BCUT2D eigenvalue weighted by molar-refractivity contribution is 0.363. The average molecular weight is 139 g/mol. The van der Waals surface area contributed by atoms with E-state index in [4.69, 9.17) is 6.57 Å². The van der Waals surface area contributed by atoms with Crippen LogP contribution in [0.15, 0.2) is 0 Å². The first kappa shape index (κ1) is 9.49. The smallest absolute Gasteiger partial charge is 0.214 e. The highest BCUT2D eigenvalue weighted by atomic mass is 14.6. The van der Waals surface area contributed by atoms with Crippen molar-refractivity contribution in [3.63, 3.8) is 0 Å². The van der Waals surface area contributed by atoms with Gasteiger partial charge in [0.25, 0.3) is 0 Å². The average Bonchev–Trinajstić information content (AvgIpc) is 1.78. The van der Waals surface area contributed by atoms with Gasteiger partial charge in [0, 0.05) is 6.42 Å². The van der Waals surface area contributed by atoms with E-state index in [2.05, 4.69) is 25.6 Å². The topological polar surface area (TPSA) is 4.36 Å². The molecule has 0 bridgehead atoms. The minimum atomic E-state index is 0.446. The molecule has 0 aliphatic carbocycles. The van der Waals surface area contributed by atoms with Crippen molar-refractivity contribution in [1.82, 2.24) is 0 Å². The van der Waals surface area contributed by atoms with Gasteiger partial charge in [-0.15, -0.1) is 0 Å². The Morgan fingerprint density at radius 1 is 1.20 bits per heavy atom. The largest absolute Gasteiger partial charge is 0.317 e. The van der Waals surface area contributed by atoms with Crippen LogP contribution in [0, 0.1) is 12.0 Å². The third kappa shape index (κ3) is 7.49. The summed E-state index contributed by atoms with van der Waals surface area (Å²) >= 11 is 0. The van der Waals surface area contributed by atoms with Gasteiger partial charge in [-0.1, -0.05) is 20.8 Å². The van der Waals surface area contributed by atoms with E-state index in [1.807, 2.05) is 0 Å². The lowest BCUT2D eigenvalue weighted by Crippen LogP contribution is -2.04. The SMILES string of the molecule is [C-]#[N+]CCCCC(C)(C)C. The van der Waals surface area contributed by atoms with Gasteiger partial charge in [-0.05, 0) is 18.3 Å². The summed E-state index contributed by atoms with van der Waals surface area (Å²) in [6.45, 7) is 14.0. The highest BCUT2D eigenvalue weighted by molar-refractivity contribution is 4.64. The van der Waals surface area contributed by atoms with Gasteiger partial charge in [-0.25, -0.2) is 6.57 Å². The standard InChI is InChI=1S/C9H17N/c1-9(2,3)7-5-6-8-10-4/h5-8H2,1-3H3. The molecule has 0 aliphatic rings. The molecule has 0 aromatic rings. The minimum absolute atomic E-state index is 0.446. The first-order chi connectivity index (χ1) is 4.56. The van der Waals surface area contributed by atoms with Crippen LogP contribution >= 0.6 is 0 Å². The Hall–Kier alpha value is -0.510. The quantitative estimate of drug-likeness (QED) is 0.418. The van der Waals surface area contributed by atoms with E-state index in [1.165, 1.54) is 12.8 Å². The first-order valence-electron chi connectivity index (χ1n) is 3.89. The second kappa shape index (κ2) is 4.33. The Bertz CT molecular complexity index is 114. The van der Waals surface area contributed by atoms with Crippen molar-refractivity contribution in [2.75, 3.05) is 6.54 Å². The fourth-order valence-corrected chi connectivity index (χ4v) is 0.846. The molecule has 0 aromatic heterocycles. The highest BCUT2D eigenvalue weighted by Gasteiger charge is 2.08. The van der Waals surface area contributed by atoms with Crippen molar-refractivity contribution >= 4 is 0 Å². The van der Waals surface area contributed by atoms with Crippen LogP contribution in [0.25, 0.3) is 4.85 Å². The zero-order valence-electron chi connectivity index (χ0n) is 7.28. The van der Waals surface area contributed by atoms with Gasteiger partial charge in [-0.3, -0.25) is 0 Å². The van der Waals surface area contributed by atoms with E-state index in [0.29, 0.717) is 12.0 Å². The summed E-state index contributed by atoms with van der Waals surface area (Å²) in [6.07, 6.45) is 3.51. The molecule has 0 radical (unpaired) electrons. The maximum absolute atomic E-state index is 6.56. The van der Waals surface area contributed by atoms with Gasteiger partial charge in [0.2, 0.25) is 6.54 Å². The van der Waals surface area contributed by atoms with E-state index >= 15 is 0 Å². The zero-order valence-corrected chi connectivity index (χ0v) is 7.28. The first-order valence-corrected chi connectivity index (χ1v) is 3.89. The van der Waals surface area contributed by atoms with E-state index in [-0.39, 0.29) is 0 Å². The fourth-order valence-electron chi connectivity index (χ4n) is 0.846. The van der Waals surface area contributed by atoms with Gasteiger partial charge < -0.3 is 4.85 Å². The van der Waals surface area contributed by atoms with Crippen molar-refractivity contribution in [2.24, 2.45) is 5.41 Å². The van der Waals surface area contributed by atoms with Crippen LogP contribution in [0.3, 0.4) is 0 Å². The predicted molar refractivity (Wildman–Crippen MR) is 44.8 cm³/mol. The molecule has 0 saturated heterocycles. The molecule has 1 heteroatoms. The van der Waals surface area contributed by atoms with Crippen LogP contribution < -0.4 is 0 Å². The van der Waals surface area contributed by atoms with Gasteiger partial charge >= 0.3 is 0 Å². The molecule has 0 aromatic carbocycles. The van der Waals surface area contributed by atoms with Crippen LogP contribution in [0.2, 0.25) is 0 Å². The Morgan fingerprint density at radius 2 is 1.80 bits per heavy atom. The molecule has 1 nitrogen and oxygen atoms in total. The predicted octanol–water partition coefficient (Wildman–Crippen LogP) is 3.12. The number of hydrogen-bond acceptors (Lipinski definition) is 0. The zero-order chi connectivity index (χ0) is 8.04. The summed E-state index contributed by atoms with van der Waals surface area (Å²) < 4.78 is 0. The summed E-state index contributed by atoms with van der Waals surface area (Å²) in [5, 5.41) is 0. The molecule has 0 rings (SSSR count). The Balaban J connectivity index is 3.14. The molecular weight excluding hydrogens is 122 g/mol. The van der Waals surface area contributed by atoms with Crippen LogP contribution in [-0.4, -0.2) is 6.54 Å². The molecule has 0 N–H and O–H groups in total. The van der Waals surface area contributed by atoms with Crippen LogP contribution in [0.5, 0.6) is 0 Å².